The minimum atomic E-state index is -1.13. The van der Waals surface area contributed by atoms with Gasteiger partial charge in [-0.3, -0.25) is 9.59 Å². The molecule has 0 amide bonds. The summed E-state index contributed by atoms with van der Waals surface area (Å²) < 4.78 is 0. The molecule has 0 heterocycles. The largest absolute Gasteiger partial charge is 0.481 e. The summed E-state index contributed by atoms with van der Waals surface area (Å²) in [5.41, 5.74) is 1.51. The van der Waals surface area contributed by atoms with Crippen LogP contribution in [0.4, 0.5) is 5.69 Å². The average Bonchev–Trinajstić information content (AvgIpc) is 2.44. The number of carboxylic acids is 2. The molecule has 21 heavy (non-hydrogen) atoms. The summed E-state index contributed by atoms with van der Waals surface area (Å²) in [5.74, 6) is -3.06. The van der Waals surface area contributed by atoms with Gasteiger partial charge in [-0.25, -0.2) is 0 Å². The van der Waals surface area contributed by atoms with Crippen LogP contribution < -0.4 is 5.32 Å². The molecule has 4 N–H and O–H groups in total. The molecule has 0 spiro atoms. The first-order valence-electron chi connectivity index (χ1n) is 6.43. The molecule has 1 aromatic carbocycles. The van der Waals surface area contributed by atoms with Crippen molar-refractivity contribution in [2.24, 2.45) is 5.92 Å². The predicted octanol–water partition coefficient (Wildman–Crippen LogP) is 1.42. The summed E-state index contributed by atoms with van der Waals surface area (Å²) in [6.45, 7) is 0.319. The first kappa shape index (κ1) is 17.3. The molecule has 0 aliphatic rings. The van der Waals surface area contributed by atoms with Crippen molar-refractivity contribution in [3.05, 3.63) is 29.8 Å². The average molecular weight is 316 g/mol. The summed E-state index contributed by atoms with van der Waals surface area (Å²) >= 11 is 5.48. The Morgan fingerprint density at radius 1 is 1.19 bits per heavy atom. The number of nitrogens with one attached hydrogen (secondary N) is 1. The number of aliphatic hydroxyl groups is 1. The van der Waals surface area contributed by atoms with Crippen molar-refractivity contribution in [3.8, 4) is 0 Å². The molecule has 0 aliphatic heterocycles. The molecule has 0 aromatic heterocycles. The number of hydrogen-bond acceptors (Lipinski definition) is 4. The third kappa shape index (κ3) is 6.46. The Morgan fingerprint density at radius 2 is 1.81 bits per heavy atom. The molecule has 2 atom stereocenters. The molecular weight excluding hydrogens is 298 g/mol. The molecule has 0 aliphatic carbocycles. The monoisotopic (exact) mass is 315 g/mol. The van der Waals surface area contributed by atoms with Gasteiger partial charge in [-0.05, 0) is 24.1 Å². The van der Waals surface area contributed by atoms with E-state index in [0.717, 1.165) is 11.3 Å². The Labute approximate surface area is 127 Å². The van der Waals surface area contributed by atoms with E-state index in [1.165, 1.54) is 0 Å². The van der Waals surface area contributed by atoms with E-state index >= 15 is 0 Å². The van der Waals surface area contributed by atoms with Gasteiger partial charge in [-0.2, -0.15) is 0 Å². The van der Waals surface area contributed by atoms with Gasteiger partial charge in [0.2, 0.25) is 0 Å². The van der Waals surface area contributed by atoms with Gasteiger partial charge in [0, 0.05) is 12.2 Å². The number of carboxylic acid groups (broad SMARTS) is 2. The number of benzene rings is 1. The zero-order chi connectivity index (χ0) is 15.8. The maximum Gasteiger partial charge on any atom is 0.307 e. The first-order valence-corrected chi connectivity index (χ1v) is 6.97. The number of halogens is 1. The molecule has 6 nitrogen and oxygen atoms in total. The number of alkyl halides is 1. The van der Waals surface area contributed by atoms with E-state index in [9.17, 15) is 14.7 Å². The minimum Gasteiger partial charge on any atom is -0.481 e. The second kappa shape index (κ2) is 8.49. The van der Waals surface area contributed by atoms with E-state index in [0.29, 0.717) is 6.54 Å². The predicted molar refractivity (Wildman–Crippen MR) is 78.7 cm³/mol. The number of rotatable bonds is 9. The summed E-state index contributed by atoms with van der Waals surface area (Å²) in [7, 11) is 0. The van der Waals surface area contributed by atoms with Gasteiger partial charge >= 0.3 is 11.9 Å². The smallest absolute Gasteiger partial charge is 0.307 e. The van der Waals surface area contributed by atoms with Crippen LogP contribution in [-0.4, -0.2) is 45.8 Å². The Balaban J connectivity index is 2.60. The van der Waals surface area contributed by atoms with Crippen molar-refractivity contribution >= 4 is 29.2 Å². The van der Waals surface area contributed by atoms with Crippen LogP contribution >= 0.6 is 11.6 Å². The van der Waals surface area contributed by atoms with E-state index < -0.39 is 30.4 Å². The minimum absolute atomic E-state index is 0.139. The maximum absolute atomic E-state index is 11.0. The molecule has 0 saturated heterocycles. The molecule has 0 radical (unpaired) electrons. The Morgan fingerprint density at radius 3 is 2.29 bits per heavy atom. The second-order valence-electron chi connectivity index (χ2n) is 4.72. The van der Waals surface area contributed by atoms with Crippen molar-refractivity contribution < 1.29 is 24.9 Å². The fourth-order valence-corrected chi connectivity index (χ4v) is 1.90. The van der Waals surface area contributed by atoms with Crippen molar-refractivity contribution in [1.82, 2.24) is 0 Å². The maximum atomic E-state index is 11.0. The number of anilines is 1. The Hall–Kier alpha value is -1.79. The van der Waals surface area contributed by atoms with Crippen LogP contribution in [-0.2, 0) is 16.0 Å². The van der Waals surface area contributed by atoms with Gasteiger partial charge in [0.15, 0.2) is 0 Å². The lowest BCUT2D eigenvalue weighted by Gasteiger charge is -2.12. The van der Waals surface area contributed by atoms with Crippen LogP contribution in [0.5, 0.6) is 0 Å². The van der Waals surface area contributed by atoms with Crippen molar-refractivity contribution in [1.29, 1.82) is 0 Å². The molecule has 1 rings (SSSR count). The fourth-order valence-electron chi connectivity index (χ4n) is 1.79. The molecule has 0 bridgehead atoms. The molecule has 7 heteroatoms. The van der Waals surface area contributed by atoms with Crippen LogP contribution in [0.3, 0.4) is 0 Å². The highest BCUT2D eigenvalue weighted by atomic mass is 35.5. The zero-order valence-electron chi connectivity index (χ0n) is 11.3. The van der Waals surface area contributed by atoms with Crippen molar-refractivity contribution in [2.75, 3.05) is 17.7 Å². The van der Waals surface area contributed by atoms with Gasteiger partial charge in [-0.15, -0.1) is 11.6 Å². The second-order valence-corrected chi connectivity index (χ2v) is 5.03. The normalized spacial score (nSPS) is 13.4. The highest BCUT2D eigenvalue weighted by Crippen LogP contribution is 2.16. The van der Waals surface area contributed by atoms with Gasteiger partial charge in [0.25, 0.3) is 0 Å². The Bertz CT molecular complexity index is 477. The molecule has 0 saturated carbocycles. The highest BCUT2D eigenvalue weighted by Gasteiger charge is 2.21. The summed E-state index contributed by atoms with van der Waals surface area (Å²) in [5, 5.41) is 30.0. The quantitative estimate of drug-likeness (QED) is 0.513. The van der Waals surface area contributed by atoms with Gasteiger partial charge in [-0.1, -0.05) is 12.1 Å². The summed E-state index contributed by atoms with van der Waals surface area (Å²) in [6, 6.07) is 6.95. The van der Waals surface area contributed by atoms with Gasteiger partial charge < -0.3 is 20.6 Å². The van der Waals surface area contributed by atoms with E-state index in [4.69, 9.17) is 21.8 Å². The van der Waals surface area contributed by atoms with Gasteiger partial charge in [0.05, 0.1) is 24.3 Å². The third-order valence-corrected chi connectivity index (χ3v) is 3.28. The molecule has 2 unspecified atom stereocenters. The summed E-state index contributed by atoms with van der Waals surface area (Å²) in [6.07, 6.45) is -0.887. The standard InChI is InChI=1S/C14H18ClNO5/c15-7-12(17)8-16-11-3-1-9(2-4-11)5-10(14(20)21)6-13(18)19/h1-4,10,12,16-17H,5-8H2,(H,18,19)(H,20,21). The number of hydrogen-bond donors (Lipinski definition) is 4. The van der Waals surface area contributed by atoms with Gasteiger partial charge in [0.1, 0.15) is 0 Å². The lowest BCUT2D eigenvalue weighted by molar-refractivity contribution is -0.148. The number of aliphatic carboxylic acids is 2. The third-order valence-electron chi connectivity index (χ3n) is 2.93. The number of carbonyl (C=O) groups is 2. The first-order chi connectivity index (χ1) is 9.92. The fraction of sp³-hybridized carbons (Fsp3) is 0.429. The van der Waals surface area contributed by atoms with Crippen LogP contribution in [0.15, 0.2) is 24.3 Å². The van der Waals surface area contributed by atoms with Crippen molar-refractivity contribution in [2.45, 2.75) is 18.9 Å². The van der Waals surface area contributed by atoms with Crippen LogP contribution in [0.25, 0.3) is 0 Å². The topological polar surface area (TPSA) is 107 Å². The SMILES string of the molecule is O=C(O)CC(Cc1ccc(NCC(O)CCl)cc1)C(=O)O. The Kier molecular flexibility index (Phi) is 6.98. The van der Waals surface area contributed by atoms with E-state index in [1.54, 1.807) is 24.3 Å². The van der Waals surface area contributed by atoms with E-state index in [2.05, 4.69) is 5.32 Å². The zero-order valence-corrected chi connectivity index (χ0v) is 12.1. The molecular formula is C14H18ClNO5. The van der Waals surface area contributed by atoms with E-state index in [1.807, 2.05) is 0 Å². The lowest BCUT2D eigenvalue weighted by atomic mass is 9.96. The molecule has 1 aromatic rings. The van der Waals surface area contributed by atoms with Crippen LogP contribution in [0, 0.1) is 5.92 Å². The molecule has 116 valence electrons. The van der Waals surface area contributed by atoms with Crippen molar-refractivity contribution in [3.63, 3.8) is 0 Å². The lowest BCUT2D eigenvalue weighted by Crippen LogP contribution is -2.21. The number of aliphatic hydroxyl groups excluding tert-OH is 1. The van der Waals surface area contributed by atoms with E-state index in [-0.39, 0.29) is 12.3 Å². The van der Waals surface area contributed by atoms with Crippen LogP contribution in [0.1, 0.15) is 12.0 Å². The highest BCUT2D eigenvalue weighted by molar-refractivity contribution is 6.18. The van der Waals surface area contributed by atoms with Crippen LogP contribution in [0.2, 0.25) is 0 Å². The summed E-state index contributed by atoms with van der Waals surface area (Å²) in [4.78, 5) is 21.6. The molecule has 0 fully saturated rings.